The Kier molecular flexibility index (Phi) is 8.64. The topological polar surface area (TPSA) is 75.4 Å². The SMILES string of the molecule is COc1ccc2[n-]c([S@@](=O)Cc3ncc(C)c(OC)c3C)nc2c1.C[N+](C)(C)Cc1ccccc1. The summed E-state index contributed by atoms with van der Waals surface area (Å²) >= 11 is 0. The van der Waals surface area contributed by atoms with Crippen LogP contribution in [0.5, 0.6) is 11.5 Å². The number of hydrogen-bond acceptors (Lipinski definition) is 5. The molecular weight excluding hydrogens is 460 g/mol. The van der Waals surface area contributed by atoms with Crippen LogP contribution in [0.15, 0.2) is 59.9 Å². The van der Waals surface area contributed by atoms with Gasteiger partial charge >= 0.3 is 0 Å². The highest BCUT2D eigenvalue weighted by atomic mass is 32.2. The lowest BCUT2D eigenvalue weighted by Crippen LogP contribution is -2.33. The van der Waals surface area contributed by atoms with E-state index < -0.39 is 10.8 Å². The predicted molar refractivity (Wildman–Crippen MR) is 140 cm³/mol. The molecule has 0 unspecified atom stereocenters. The zero-order valence-corrected chi connectivity index (χ0v) is 22.3. The first kappa shape index (κ1) is 26.4. The van der Waals surface area contributed by atoms with E-state index in [4.69, 9.17) is 9.47 Å². The fourth-order valence-corrected chi connectivity index (χ4v) is 4.75. The standard InChI is InChI=1S/C17H18N3O3S.C10H16N/c1-10-8-18-15(11(2)16(10)23-4)9-24(21)17-19-13-6-5-12(22-3)7-14(13)20-17;1-11(2,3)9-10-7-5-4-6-8-10/h5-8H,9H2,1-4H3;4-8H,9H2,1-3H3/q-1;+1/t24-;/m0./s1. The lowest BCUT2D eigenvalue weighted by Gasteiger charge is -2.23. The lowest BCUT2D eigenvalue weighted by atomic mass is 10.1. The number of benzene rings is 2. The van der Waals surface area contributed by atoms with Gasteiger partial charge in [-0.1, -0.05) is 36.4 Å². The van der Waals surface area contributed by atoms with Gasteiger partial charge in [-0.3, -0.25) is 9.19 Å². The normalized spacial score (nSPS) is 12.1. The number of aromatic nitrogens is 3. The third-order valence-corrected chi connectivity index (χ3v) is 6.46. The highest BCUT2D eigenvalue weighted by molar-refractivity contribution is 7.84. The van der Waals surface area contributed by atoms with Gasteiger partial charge in [0, 0.05) is 28.0 Å². The van der Waals surface area contributed by atoms with Crippen molar-refractivity contribution in [2.45, 2.75) is 31.3 Å². The van der Waals surface area contributed by atoms with E-state index in [1.165, 1.54) is 5.56 Å². The number of pyridine rings is 1. The van der Waals surface area contributed by atoms with Gasteiger partial charge < -0.3 is 23.9 Å². The molecule has 2 aromatic carbocycles. The summed E-state index contributed by atoms with van der Waals surface area (Å²) < 4.78 is 24.2. The van der Waals surface area contributed by atoms with Gasteiger partial charge in [0.05, 0.1) is 57.6 Å². The molecule has 0 bridgehead atoms. The first-order valence-corrected chi connectivity index (χ1v) is 12.6. The summed E-state index contributed by atoms with van der Waals surface area (Å²) in [7, 11) is 8.43. The van der Waals surface area contributed by atoms with Gasteiger partial charge in [0.25, 0.3) is 0 Å². The van der Waals surface area contributed by atoms with E-state index >= 15 is 0 Å². The van der Waals surface area contributed by atoms with Gasteiger partial charge in [0.15, 0.2) is 0 Å². The van der Waals surface area contributed by atoms with Gasteiger partial charge in [-0.2, -0.15) is 0 Å². The summed E-state index contributed by atoms with van der Waals surface area (Å²) in [5.74, 6) is 1.71. The first-order valence-electron chi connectivity index (χ1n) is 11.3. The van der Waals surface area contributed by atoms with Gasteiger partial charge in [0.2, 0.25) is 0 Å². The number of hydrogen-bond donors (Lipinski definition) is 0. The van der Waals surface area contributed by atoms with E-state index in [0.717, 1.165) is 33.6 Å². The molecule has 0 radical (unpaired) electrons. The van der Waals surface area contributed by atoms with Gasteiger partial charge in [0.1, 0.15) is 18.0 Å². The van der Waals surface area contributed by atoms with Crippen LogP contribution in [0.3, 0.4) is 0 Å². The molecule has 4 rings (SSSR count). The molecule has 0 amide bonds. The van der Waals surface area contributed by atoms with E-state index in [9.17, 15) is 4.21 Å². The quantitative estimate of drug-likeness (QED) is 0.354. The van der Waals surface area contributed by atoms with Crippen molar-refractivity contribution in [2.75, 3.05) is 35.4 Å². The van der Waals surface area contributed by atoms with Crippen LogP contribution in [-0.2, 0) is 23.1 Å². The Labute approximate surface area is 210 Å². The van der Waals surface area contributed by atoms with Crippen LogP contribution in [0, 0.1) is 13.8 Å². The van der Waals surface area contributed by atoms with Crippen LogP contribution in [0.1, 0.15) is 22.4 Å². The Morgan fingerprint density at radius 1 is 1.00 bits per heavy atom. The Hall–Kier alpha value is -3.23. The molecule has 0 spiro atoms. The van der Waals surface area contributed by atoms with Gasteiger partial charge in [-0.25, -0.2) is 0 Å². The van der Waals surface area contributed by atoms with Crippen LogP contribution in [0.2, 0.25) is 0 Å². The number of ether oxygens (including phenoxy) is 2. The Morgan fingerprint density at radius 3 is 2.34 bits per heavy atom. The first-order chi connectivity index (χ1) is 16.6. The molecule has 0 fully saturated rings. The summed E-state index contributed by atoms with van der Waals surface area (Å²) in [6.07, 6.45) is 1.73. The second-order valence-electron chi connectivity index (χ2n) is 9.33. The average Bonchev–Trinajstić information content (AvgIpc) is 3.25. The van der Waals surface area contributed by atoms with E-state index in [0.29, 0.717) is 21.9 Å². The van der Waals surface area contributed by atoms with Crippen LogP contribution in [-0.4, -0.2) is 54.0 Å². The number of nitrogens with zero attached hydrogens (tertiary/aromatic N) is 4. The summed E-state index contributed by atoms with van der Waals surface area (Å²) in [6.45, 7) is 4.94. The van der Waals surface area contributed by atoms with Crippen LogP contribution >= 0.6 is 0 Å². The molecule has 0 aliphatic rings. The van der Waals surface area contributed by atoms with Crippen molar-refractivity contribution < 1.29 is 18.2 Å². The third-order valence-electron chi connectivity index (χ3n) is 5.34. The minimum atomic E-state index is -1.38. The highest BCUT2D eigenvalue weighted by Crippen LogP contribution is 2.26. The van der Waals surface area contributed by atoms with E-state index in [1.807, 2.05) is 13.8 Å². The number of quaternary nitrogens is 1. The largest absolute Gasteiger partial charge is 0.497 e. The molecule has 8 heteroatoms. The van der Waals surface area contributed by atoms with Crippen molar-refractivity contribution >= 4 is 21.8 Å². The Morgan fingerprint density at radius 2 is 1.71 bits per heavy atom. The maximum absolute atomic E-state index is 12.6. The van der Waals surface area contributed by atoms with Gasteiger partial charge in [-0.05, 0) is 37.0 Å². The molecule has 0 saturated carbocycles. The monoisotopic (exact) mass is 494 g/mol. The highest BCUT2D eigenvalue weighted by Gasteiger charge is 2.13. The summed E-state index contributed by atoms with van der Waals surface area (Å²) in [6, 6.07) is 16.0. The second kappa shape index (κ2) is 11.5. The van der Waals surface area contributed by atoms with Crippen molar-refractivity contribution in [1.82, 2.24) is 15.0 Å². The molecule has 0 N–H and O–H groups in total. The maximum Gasteiger partial charge on any atom is 0.128 e. The maximum atomic E-state index is 12.6. The average molecular weight is 495 g/mol. The number of methoxy groups -OCH3 is 2. The van der Waals surface area contributed by atoms with Crippen molar-refractivity contribution in [3.63, 3.8) is 0 Å². The minimum Gasteiger partial charge on any atom is -0.497 e. The molecule has 35 heavy (non-hydrogen) atoms. The molecule has 0 saturated heterocycles. The summed E-state index contributed by atoms with van der Waals surface area (Å²) in [4.78, 5) is 13.1. The smallest absolute Gasteiger partial charge is 0.128 e. The molecule has 0 aliphatic heterocycles. The third kappa shape index (κ3) is 7.13. The molecule has 0 aliphatic carbocycles. The molecule has 2 aromatic heterocycles. The Bertz CT molecular complexity index is 1300. The van der Waals surface area contributed by atoms with Crippen LogP contribution in [0.4, 0.5) is 0 Å². The molecule has 4 aromatic rings. The van der Waals surface area contributed by atoms with E-state index in [2.05, 4.69) is 66.4 Å². The number of aryl methyl sites for hydroxylation is 1. The van der Waals surface area contributed by atoms with E-state index in [-0.39, 0.29) is 5.75 Å². The van der Waals surface area contributed by atoms with Gasteiger partial charge in [-0.15, -0.1) is 0 Å². The van der Waals surface area contributed by atoms with Crippen molar-refractivity contribution in [3.05, 3.63) is 77.1 Å². The summed E-state index contributed by atoms with van der Waals surface area (Å²) in [5.41, 5.74) is 5.34. The zero-order chi connectivity index (χ0) is 25.6. The molecule has 186 valence electrons. The van der Waals surface area contributed by atoms with Crippen molar-refractivity contribution in [2.24, 2.45) is 0 Å². The molecule has 7 nitrogen and oxygen atoms in total. The van der Waals surface area contributed by atoms with Crippen molar-refractivity contribution in [3.8, 4) is 11.5 Å². The fourth-order valence-electron chi connectivity index (χ4n) is 3.68. The lowest BCUT2D eigenvalue weighted by molar-refractivity contribution is -0.884. The molecular formula is C27H34N4O3S. The van der Waals surface area contributed by atoms with Crippen molar-refractivity contribution in [1.29, 1.82) is 0 Å². The van der Waals surface area contributed by atoms with Crippen LogP contribution in [0.25, 0.3) is 11.0 Å². The predicted octanol–water partition coefficient (Wildman–Crippen LogP) is 4.42. The minimum absolute atomic E-state index is 0.246. The second-order valence-corrected chi connectivity index (χ2v) is 10.7. The Balaban J connectivity index is 0.000000261. The number of rotatable bonds is 7. The summed E-state index contributed by atoms with van der Waals surface area (Å²) in [5, 5.41) is 0.305. The number of fused-ring (bicyclic) bond motifs is 1. The van der Waals surface area contributed by atoms with E-state index in [1.54, 1.807) is 38.6 Å². The molecule has 1 atom stereocenters. The molecule has 2 heterocycles. The number of imidazole rings is 1. The fraction of sp³-hybridized carbons (Fsp3) is 0.333. The van der Waals surface area contributed by atoms with Crippen LogP contribution < -0.4 is 14.5 Å². The zero-order valence-electron chi connectivity index (χ0n) is 21.5.